The van der Waals surface area contributed by atoms with Crippen molar-refractivity contribution in [2.45, 2.75) is 25.7 Å². The maximum atomic E-state index is 10.0. The van der Waals surface area contributed by atoms with Gasteiger partial charge in [0.1, 0.15) is 0 Å². The van der Waals surface area contributed by atoms with Crippen LogP contribution in [0.4, 0.5) is 0 Å². The van der Waals surface area contributed by atoms with Gasteiger partial charge in [0.25, 0.3) is 0 Å². The van der Waals surface area contributed by atoms with Crippen LogP contribution in [0.15, 0.2) is 0 Å². The molecule has 0 aliphatic heterocycles. The Morgan fingerprint density at radius 2 is 2.10 bits per heavy atom. The zero-order valence-corrected chi connectivity index (χ0v) is 6.30. The Morgan fingerprint density at radius 1 is 1.40 bits per heavy atom. The van der Waals surface area contributed by atoms with Gasteiger partial charge < -0.3 is 9.84 Å². The molecule has 0 spiro atoms. The minimum absolute atomic E-state index is 0.281. The standard InChI is InChI=1S/C7H14O3/c1-10-6-4-2-3-5-7(8)9/h2-6H2,1H3,(H,8,9). The van der Waals surface area contributed by atoms with E-state index in [0.29, 0.717) is 0 Å². The molecule has 0 aromatic rings. The third kappa shape index (κ3) is 7.43. The predicted octanol–water partition coefficient (Wildman–Crippen LogP) is 1.28. The van der Waals surface area contributed by atoms with Crippen molar-refractivity contribution >= 4 is 5.97 Å². The van der Waals surface area contributed by atoms with E-state index in [1.165, 1.54) is 0 Å². The number of carboxylic acids is 1. The number of ether oxygens (including phenoxy) is 1. The van der Waals surface area contributed by atoms with Gasteiger partial charge in [0.2, 0.25) is 0 Å². The Bertz CT molecular complexity index is 90.9. The Kier molecular flexibility index (Phi) is 6.18. The molecule has 3 heteroatoms. The van der Waals surface area contributed by atoms with E-state index in [-0.39, 0.29) is 6.42 Å². The zero-order chi connectivity index (χ0) is 7.82. The molecule has 0 atom stereocenters. The quantitative estimate of drug-likeness (QED) is 0.574. The van der Waals surface area contributed by atoms with Gasteiger partial charge >= 0.3 is 5.97 Å². The first-order valence-corrected chi connectivity index (χ1v) is 3.48. The molecule has 0 aliphatic rings. The maximum Gasteiger partial charge on any atom is 0.303 e. The number of methoxy groups -OCH3 is 1. The fraction of sp³-hybridized carbons (Fsp3) is 0.857. The highest BCUT2D eigenvalue weighted by Gasteiger charge is 1.94. The van der Waals surface area contributed by atoms with Crippen molar-refractivity contribution in [1.82, 2.24) is 0 Å². The fourth-order valence-corrected chi connectivity index (χ4v) is 0.699. The molecule has 60 valence electrons. The van der Waals surface area contributed by atoms with Crippen molar-refractivity contribution in [2.75, 3.05) is 13.7 Å². The third-order valence-electron chi connectivity index (χ3n) is 1.24. The summed E-state index contributed by atoms with van der Waals surface area (Å²) in [6, 6.07) is 0. The number of rotatable bonds is 6. The van der Waals surface area contributed by atoms with Crippen LogP contribution in [0.2, 0.25) is 0 Å². The van der Waals surface area contributed by atoms with Gasteiger partial charge in [0.15, 0.2) is 0 Å². The van der Waals surface area contributed by atoms with Crippen LogP contribution in [0.3, 0.4) is 0 Å². The van der Waals surface area contributed by atoms with E-state index in [9.17, 15) is 4.79 Å². The Balaban J connectivity index is 2.84. The predicted molar refractivity (Wildman–Crippen MR) is 38.0 cm³/mol. The first-order valence-electron chi connectivity index (χ1n) is 3.48. The normalized spacial score (nSPS) is 9.70. The lowest BCUT2D eigenvalue weighted by molar-refractivity contribution is -0.137. The van der Waals surface area contributed by atoms with Gasteiger partial charge in [0.05, 0.1) is 0 Å². The van der Waals surface area contributed by atoms with Crippen molar-refractivity contribution in [3.8, 4) is 0 Å². The minimum atomic E-state index is -0.711. The van der Waals surface area contributed by atoms with Crippen LogP contribution in [0.5, 0.6) is 0 Å². The average molecular weight is 146 g/mol. The summed E-state index contributed by atoms with van der Waals surface area (Å²) in [5.41, 5.74) is 0. The number of carbonyl (C=O) groups is 1. The molecule has 0 aliphatic carbocycles. The smallest absolute Gasteiger partial charge is 0.303 e. The van der Waals surface area contributed by atoms with E-state index in [1.54, 1.807) is 7.11 Å². The molecule has 0 rings (SSSR count). The van der Waals surface area contributed by atoms with E-state index in [1.807, 2.05) is 0 Å². The highest BCUT2D eigenvalue weighted by atomic mass is 16.5. The van der Waals surface area contributed by atoms with Gasteiger partial charge in [-0.2, -0.15) is 0 Å². The number of hydrogen-bond acceptors (Lipinski definition) is 2. The van der Waals surface area contributed by atoms with E-state index in [0.717, 1.165) is 25.9 Å². The van der Waals surface area contributed by atoms with Crippen LogP contribution in [-0.2, 0) is 9.53 Å². The largest absolute Gasteiger partial charge is 0.481 e. The summed E-state index contributed by atoms with van der Waals surface area (Å²) in [6.07, 6.45) is 2.95. The van der Waals surface area contributed by atoms with Crippen molar-refractivity contribution in [1.29, 1.82) is 0 Å². The molecule has 0 bridgehead atoms. The Labute approximate surface area is 61.0 Å². The number of aliphatic carboxylic acids is 1. The summed E-state index contributed by atoms with van der Waals surface area (Å²) >= 11 is 0. The molecular weight excluding hydrogens is 132 g/mol. The topological polar surface area (TPSA) is 46.5 Å². The summed E-state index contributed by atoms with van der Waals surface area (Å²) in [5.74, 6) is -0.711. The number of unbranched alkanes of at least 4 members (excludes halogenated alkanes) is 2. The van der Waals surface area contributed by atoms with Crippen LogP contribution in [-0.4, -0.2) is 24.8 Å². The third-order valence-corrected chi connectivity index (χ3v) is 1.24. The molecule has 0 radical (unpaired) electrons. The van der Waals surface area contributed by atoms with Crippen LogP contribution in [0.25, 0.3) is 0 Å². The molecule has 0 heterocycles. The Hall–Kier alpha value is -0.570. The van der Waals surface area contributed by atoms with Crippen molar-refractivity contribution in [2.24, 2.45) is 0 Å². The van der Waals surface area contributed by atoms with Gasteiger partial charge in [-0.25, -0.2) is 0 Å². The molecule has 0 amide bonds. The van der Waals surface area contributed by atoms with Crippen molar-refractivity contribution in [3.05, 3.63) is 0 Å². The zero-order valence-electron chi connectivity index (χ0n) is 6.30. The van der Waals surface area contributed by atoms with Gasteiger partial charge in [-0.1, -0.05) is 6.42 Å². The number of hydrogen-bond donors (Lipinski definition) is 1. The van der Waals surface area contributed by atoms with E-state index in [4.69, 9.17) is 9.84 Å². The van der Waals surface area contributed by atoms with Gasteiger partial charge in [0, 0.05) is 20.1 Å². The molecule has 1 N–H and O–H groups in total. The summed E-state index contributed by atoms with van der Waals surface area (Å²) in [4.78, 5) is 10.0. The molecule has 0 fully saturated rings. The SMILES string of the molecule is COCCCCCC(=O)O. The molecule has 0 aromatic heterocycles. The summed E-state index contributed by atoms with van der Waals surface area (Å²) < 4.78 is 4.80. The second-order valence-electron chi connectivity index (χ2n) is 2.20. The van der Waals surface area contributed by atoms with Crippen molar-refractivity contribution < 1.29 is 14.6 Å². The summed E-state index contributed by atoms with van der Waals surface area (Å²) in [7, 11) is 1.65. The lowest BCUT2D eigenvalue weighted by Gasteiger charge is -1.96. The monoisotopic (exact) mass is 146 g/mol. The second-order valence-corrected chi connectivity index (χ2v) is 2.20. The minimum Gasteiger partial charge on any atom is -0.481 e. The molecule has 0 saturated carbocycles. The van der Waals surface area contributed by atoms with Crippen molar-refractivity contribution in [3.63, 3.8) is 0 Å². The second kappa shape index (κ2) is 6.55. The molecule has 0 aromatic carbocycles. The lowest BCUT2D eigenvalue weighted by Crippen LogP contribution is -1.95. The summed E-state index contributed by atoms with van der Waals surface area (Å²) in [6.45, 7) is 0.736. The van der Waals surface area contributed by atoms with Gasteiger partial charge in [-0.05, 0) is 12.8 Å². The first-order chi connectivity index (χ1) is 4.77. The van der Waals surface area contributed by atoms with Gasteiger partial charge in [-0.3, -0.25) is 4.79 Å². The average Bonchev–Trinajstić information content (AvgIpc) is 1.87. The van der Waals surface area contributed by atoms with Crippen LogP contribution >= 0.6 is 0 Å². The van der Waals surface area contributed by atoms with E-state index >= 15 is 0 Å². The van der Waals surface area contributed by atoms with Gasteiger partial charge in [-0.15, -0.1) is 0 Å². The number of carboxylic acid groups (broad SMARTS) is 1. The highest BCUT2D eigenvalue weighted by molar-refractivity contribution is 5.66. The molecule has 0 unspecified atom stereocenters. The first kappa shape index (κ1) is 9.43. The van der Waals surface area contributed by atoms with E-state index < -0.39 is 5.97 Å². The Morgan fingerprint density at radius 3 is 2.60 bits per heavy atom. The van der Waals surface area contributed by atoms with Crippen LogP contribution in [0.1, 0.15) is 25.7 Å². The summed E-state index contributed by atoms with van der Waals surface area (Å²) in [5, 5.41) is 8.24. The van der Waals surface area contributed by atoms with E-state index in [2.05, 4.69) is 0 Å². The fourth-order valence-electron chi connectivity index (χ4n) is 0.699. The molecule has 0 saturated heterocycles. The lowest BCUT2D eigenvalue weighted by atomic mass is 10.2. The van der Waals surface area contributed by atoms with Crippen LogP contribution < -0.4 is 0 Å². The highest BCUT2D eigenvalue weighted by Crippen LogP contribution is 1.98. The molecule has 3 nitrogen and oxygen atoms in total. The maximum absolute atomic E-state index is 10.0. The molecular formula is C7H14O3. The molecule has 10 heavy (non-hydrogen) atoms. The van der Waals surface area contributed by atoms with Crippen LogP contribution in [0, 0.1) is 0 Å².